The zero-order valence-electron chi connectivity index (χ0n) is 8.23. The van der Waals surface area contributed by atoms with Crippen molar-refractivity contribution in [1.82, 2.24) is 0 Å². The molecule has 0 saturated heterocycles. The molecule has 3 nitrogen and oxygen atoms in total. The van der Waals surface area contributed by atoms with Crippen molar-refractivity contribution in [2.75, 3.05) is 0 Å². The second-order valence-electron chi connectivity index (χ2n) is 2.97. The normalized spacial score (nSPS) is 9.60. The summed E-state index contributed by atoms with van der Waals surface area (Å²) < 4.78 is 0. The summed E-state index contributed by atoms with van der Waals surface area (Å²) in [5.74, 6) is -1.60. The van der Waals surface area contributed by atoms with Crippen molar-refractivity contribution in [3.63, 3.8) is 0 Å². The molecule has 0 heterocycles. The molecule has 0 radical (unpaired) electrons. The van der Waals surface area contributed by atoms with Crippen LogP contribution in [0.4, 0.5) is 0 Å². The first-order valence-corrected chi connectivity index (χ1v) is 4.12. The van der Waals surface area contributed by atoms with E-state index in [0.29, 0.717) is 5.39 Å². The Morgan fingerprint density at radius 1 is 1.13 bits per heavy atom. The Labute approximate surface area is 129 Å². The monoisotopic (exact) mass is 226 g/mol. The van der Waals surface area contributed by atoms with Crippen LogP contribution in [0.25, 0.3) is 10.8 Å². The van der Waals surface area contributed by atoms with Crippen LogP contribution in [0.1, 0.15) is 10.4 Å². The van der Waals surface area contributed by atoms with Gasteiger partial charge in [0.25, 0.3) is 0 Å². The Kier molecular flexibility index (Phi) is 4.30. The summed E-state index contributed by atoms with van der Waals surface area (Å²) in [7, 11) is 0. The van der Waals surface area contributed by atoms with Gasteiger partial charge in [0.15, 0.2) is 0 Å². The largest absolute Gasteiger partial charge is 1.00 e. The molecule has 0 aliphatic rings. The third kappa shape index (κ3) is 2.41. The number of hydrogen-bond acceptors (Lipinski definition) is 2. The van der Waals surface area contributed by atoms with Crippen molar-refractivity contribution in [2.24, 2.45) is 0 Å². The molecule has 0 unspecified atom stereocenters. The fourth-order valence-electron chi connectivity index (χ4n) is 1.41. The van der Waals surface area contributed by atoms with Gasteiger partial charge in [-0.25, -0.2) is 4.79 Å². The number of aromatic carboxylic acids is 1. The molecule has 4 heteroatoms. The maximum atomic E-state index is 11.6. The van der Waals surface area contributed by atoms with Crippen molar-refractivity contribution < 1.29 is 66.4 Å². The number of fused-ring (bicyclic) bond motifs is 1. The zero-order chi connectivity index (χ0) is 10.1. The third-order valence-corrected chi connectivity index (χ3v) is 2.11. The fourth-order valence-corrected chi connectivity index (χ4v) is 1.41. The summed E-state index contributed by atoms with van der Waals surface area (Å²) in [5.41, 5.74) is -0.177. The maximum Gasteiger partial charge on any atom is 1.00 e. The Morgan fingerprint density at radius 3 is 2.47 bits per heavy atom. The quantitative estimate of drug-likeness (QED) is 0.609. The van der Waals surface area contributed by atoms with Gasteiger partial charge in [-0.15, -0.1) is 0 Å². The van der Waals surface area contributed by atoms with E-state index in [1.165, 1.54) is 6.07 Å². The summed E-state index contributed by atoms with van der Waals surface area (Å²) in [6.45, 7) is 0. The standard InChI is InChI=1S/C11H8O3.K/c12-10-8-4-2-1-3-7(8)5-6-9(10)11(13)14;/h1-6,12H,(H,13,14);/q;+1/p-1. The molecule has 70 valence electrons. The Bertz CT molecular complexity index is 508. The molecule has 2 aromatic rings. The van der Waals surface area contributed by atoms with E-state index in [1.54, 1.807) is 24.3 Å². The van der Waals surface area contributed by atoms with Crippen molar-refractivity contribution in [3.05, 3.63) is 42.0 Å². The second-order valence-corrected chi connectivity index (χ2v) is 2.97. The van der Waals surface area contributed by atoms with Gasteiger partial charge in [-0.2, -0.15) is 0 Å². The summed E-state index contributed by atoms with van der Waals surface area (Å²) in [5, 5.41) is 21.5. The molecular weight excluding hydrogens is 219 g/mol. The van der Waals surface area contributed by atoms with Gasteiger partial charge in [0.2, 0.25) is 0 Å². The van der Waals surface area contributed by atoms with E-state index < -0.39 is 11.7 Å². The van der Waals surface area contributed by atoms with Crippen LogP contribution in [-0.4, -0.2) is 11.1 Å². The van der Waals surface area contributed by atoms with E-state index in [9.17, 15) is 9.90 Å². The number of carbonyl (C=O) groups is 1. The first-order chi connectivity index (χ1) is 6.70. The summed E-state index contributed by atoms with van der Waals surface area (Å²) in [6.07, 6.45) is 0. The minimum absolute atomic E-state index is 0. The minimum atomic E-state index is -1.18. The Morgan fingerprint density at radius 2 is 1.80 bits per heavy atom. The topological polar surface area (TPSA) is 60.4 Å². The molecule has 2 aromatic carbocycles. The minimum Gasteiger partial charge on any atom is -0.871 e. The van der Waals surface area contributed by atoms with E-state index in [0.717, 1.165) is 5.39 Å². The van der Waals surface area contributed by atoms with Crippen molar-refractivity contribution >= 4 is 16.7 Å². The van der Waals surface area contributed by atoms with E-state index in [1.807, 2.05) is 6.07 Å². The third-order valence-electron chi connectivity index (χ3n) is 2.11. The molecule has 0 aromatic heterocycles. The summed E-state index contributed by atoms with van der Waals surface area (Å²) in [4.78, 5) is 10.7. The summed E-state index contributed by atoms with van der Waals surface area (Å²) in [6, 6.07) is 9.91. The van der Waals surface area contributed by atoms with Crippen molar-refractivity contribution in [1.29, 1.82) is 0 Å². The molecule has 0 amide bonds. The van der Waals surface area contributed by atoms with Gasteiger partial charge >= 0.3 is 57.4 Å². The van der Waals surface area contributed by atoms with Gasteiger partial charge in [0, 0.05) is 0 Å². The van der Waals surface area contributed by atoms with Crippen LogP contribution >= 0.6 is 0 Å². The van der Waals surface area contributed by atoms with Gasteiger partial charge in [-0.1, -0.05) is 36.1 Å². The molecule has 0 spiro atoms. The SMILES string of the molecule is O=C(O)c1ccc2ccccc2c1[O-].[K+]. The van der Waals surface area contributed by atoms with Gasteiger partial charge < -0.3 is 10.2 Å². The predicted molar refractivity (Wildman–Crippen MR) is 50.4 cm³/mol. The Balaban J connectivity index is 0.00000112. The van der Waals surface area contributed by atoms with Crippen LogP contribution in [0.3, 0.4) is 0 Å². The van der Waals surface area contributed by atoms with Gasteiger partial charge in [-0.05, 0) is 16.8 Å². The van der Waals surface area contributed by atoms with Gasteiger partial charge in [0.05, 0.1) is 5.56 Å². The number of carboxylic acid groups (broad SMARTS) is 1. The van der Waals surface area contributed by atoms with Crippen molar-refractivity contribution in [3.8, 4) is 5.75 Å². The molecule has 0 fully saturated rings. The molecule has 0 aliphatic heterocycles. The molecular formula is C11H7KO3. The van der Waals surface area contributed by atoms with Crippen LogP contribution in [0.5, 0.6) is 5.75 Å². The number of hydrogen-bond donors (Lipinski definition) is 1. The zero-order valence-corrected chi connectivity index (χ0v) is 11.4. The van der Waals surface area contributed by atoms with Crippen LogP contribution in [0.15, 0.2) is 36.4 Å². The predicted octanol–water partition coefficient (Wildman–Crippen LogP) is -1.38. The van der Waals surface area contributed by atoms with E-state index in [2.05, 4.69) is 0 Å². The van der Waals surface area contributed by atoms with E-state index in [4.69, 9.17) is 5.11 Å². The molecule has 2 rings (SSSR count). The number of rotatable bonds is 1. The van der Waals surface area contributed by atoms with Crippen LogP contribution < -0.4 is 56.5 Å². The fraction of sp³-hybridized carbons (Fsp3) is 0. The van der Waals surface area contributed by atoms with E-state index >= 15 is 0 Å². The molecule has 15 heavy (non-hydrogen) atoms. The molecule has 0 atom stereocenters. The van der Waals surface area contributed by atoms with Crippen LogP contribution in [-0.2, 0) is 0 Å². The smallest absolute Gasteiger partial charge is 0.871 e. The first kappa shape index (κ1) is 12.7. The van der Waals surface area contributed by atoms with Crippen LogP contribution in [0, 0.1) is 0 Å². The molecule has 1 N–H and O–H groups in total. The average molecular weight is 226 g/mol. The van der Waals surface area contributed by atoms with Crippen molar-refractivity contribution in [2.45, 2.75) is 0 Å². The molecule has 0 bridgehead atoms. The number of carboxylic acids is 1. The second kappa shape index (κ2) is 5.09. The molecule has 0 saturated carbocycles. The summed E-state index contributed by atoms with van der Waals surface area (Å²) >= 11 is 0. The van der Waals surface area contributed by atoms with Crippen LogP contribution in [0.2, 0.25) is 0 Å². The maximum absolute atomic E-state index is 11.6. The average Bonchev–Trinajstić information content (AvgIpc) is 2.18. The van der Waals surface area contributed by atoms with Gasteiger partial charge in [-0.3, -0.25) is 0 Å². The Hall–Kier alpha value is -0.394. The van der Waals surface area contributed by atoms with Gasteiger partial charge in [0.1, 0.15) is 0 Å². The van der Waals surface area contributed by atoms with E-state index in [-0.39, 0.29) is 56.9 Å². The number of benzene rings is 2. The molecule has 0 aliphatic carbocycles. The first-order valence-electron chi connectivity index (χ1n) is 4.12.